The van der Waals surface area contributed by atoms with Crippen molar-refractivity contribution >= 4 is 27.5 Å². The van der Waals surface area contributed by atoms with Crippen LogP contribution in [0, 0.1) is 5.82 Å². The van der Waals surface area contributed by atoms with E-state index in [1.54, 1.807) is 0 Å². The molecule has 5 rings (SSSR count). The fraction of sp³-hybridized carbons (Fsp3) is 0.257. The van der Waals surface area contributed by atoms with Crippen LogP contribution in [0.15, 0.2) is 114 Å². The van der Waals surface area contributed by atoms with Crippen molar-refractivity contribution < 1.29 is 31.9 Å². The van der Waals surface area contributed by atoms with Crippen LogP contribution in [-0.2, 0) is 37.3 Å². The summed E-state index contributed by atoms with van der Waals surface area (Å²) in [6.45, 7) is 0.831. The molecule has 2 atom stereocenters. The average molecular weight is 646 g/mol. The van der Waals surface area contributed by atoms with Gasteiger partial charge in [0.15, 0.2) is 6.61 Å². The van der Waals surface area contributed by atoms with Crippen molar-refractivity contribution in [3.8, 4) is 5.75 Å². The van der Waals surface area contributed by atoms with Gasteiger partial charge in [-0.25, -0.2) is 12.8 Å². The molecule has 1 heterocycles. The lowest BCUT2D eigenvalue weighted by molar-refractivity contribution is -0.143. The lowest BCUT2D eigenvalue weighted by Gasteiger charge is -2.31. The molecule has 46 heavy (non-hydrogen) atoms. The summed E-state index contributed by atoms with van der Waals surface area (Å²) in [5, 5.41) is 3.00. The second-order valence-electron chi connectivity index (χ2n) is 11.0. The number of hydrogen-bond acceptors (Lipinski definition) is 6. The van der Waals surface area contributed by atoms with Crippen LogP contribution in [0.3, 0.4) is 0 Å². The van der Waals surface area contributed by atoms with Crippen molar-refractivity contribution in [2.75, 3.05) is 24.5 Å². The first kappa shape index (κ1) is 32.6. The fourth-order valence-electron chi connectivity index (χ4n) is 5.15. The highest BCUT2D eigenvalue weighted by molar-refractivity contribution is 7.92. The van der Waals surface area contributed by atoms with Crippen molar-refractivity contribution in [2.45, 2.75) is 42.8 Å². The monoisotopic (exact) mass is 645 g/mol. The van der Waals surface area contributed by atoms with Gasteiger partial charge in [-0.15, -0.1) is 0 Å². The molecule has 2 unspecified atom stereocenters. The van der Waals surface area contributed by atoms with Gasteiger partial charge in [-0.1, -0.05) is 60.7 Å². The first-order chi connectivity index (χ1) is 22.3. The molecule has 0 saturated carbocycles. The molecule has 0 aromatic heterocycles. The number of ether oxygens (including phenoxy) is 2. The molecule has 240 valence electrons. The van der Waals surface area contributed by atoms with E-state index >= 15 is 0 Å². The maximum atomic E-state index is 13.8. The summed E-state index contributed by atoms with van der Waals surface area (Å²) in [4.78, 5) is 29.0. The van der Waals surface area contributed by atoms with E-state index in [2.05, 4.69) is 10.0 Å². The zero-order valence-corrected chi connectivity index (χ0v) is 26.0. The van der Waals surface area contributed by atoms with Gasteiger partial charge in [-0.05, 0) is 72.5 Å². The number of carbonyl (C=O) groups excluding carboxylic acids is 2. The molecule has 0 aliphatic carbocycles. The van der Waals surface area contributed by atoms with Gasteiger partial charge >= 0.3 is 0 Å². The van der Waals surface area contributed by atoms with Gasteiger partial charge in [0.2, 0.25) is 5.91 Å². The lowest BCUT2D eigenvalue weighted by atomic mass is 10.0. The Hall–Kier alpha value is -4.74. The molecule has 0 radical (unpaired) electrons. The Bertz CT molecular complexity index is 1680. The molecule has 2 N–H and O–H groups in total. The molecular formula is C35H36FN3O6S. The third kappa shape index (κ3) is 9.15. The standard InChI is InChI=1S/C35H36FN3O6S/c36-28-13-15-29(16-14-28)38-46(42,43)32-19-17-30(18-20-32)45-25-34(40)39(24-27-10-5-2-6-11-27)33(22-26-8-3-1-4-9-26)35(41)37-23-31-12-7-21-44-31/h1-6,8-11,13-20,31,33,38H,7,12,21-25H2,(H,37,41). The maximum absolute atomic E-state index is 13.8. The average Bonchev–Trinajstić information content (AvgIpc) is 3.60. The minimum Gasteiger partial charge on any atom is -0.484 e. The smallest absolute Gasteiger partial charge is 0.261 e. The summed E-state index contributed by atoms with van der Waals surface area (Å²) >= 11 is 0. The summed E-state index contributed by atoms with van der Waals surface area (Å²) in [7, 11) is -3.94. The van der Waals surface area contributed by atoms with Crippen LogP contribution < -0.4 is 14.8 Å². The molecule has 9 nitrogen and oxygen atoms in total. The predicted octanol–water partition coefficient (Wildman–Crippen LogP) is 4.94. The summed E-state index contributed by atoms with van der Waals surface area (Å²) in [6, 6.07) is 28.7. The molecule has 1 aliphatic rings. The van der Waals surface area contributed by atoms with Crippen LogP contribution in [0.5, 0.6) is 5.75 Å². The van der Waals surface area contributed by atoms with E-state index in [0.29, 0.717) is 19.6 Å². The number of rotatable bonds is 14. The number of halogens is 1. The summed E-state index contributed by atoms with van der Waals surface area (Å²) < 4.78 is 52.7. The highest BCUT2D eigenvalue weighted by Crippen LogP contribution is 2.21. The Morgan fingerprint density at radius 3 is 2.17 bits per heavy atom. The Balaban J connectivity index is 1.31. The predicted molar refractivity (Wildman–Crippen MR) is 172 cm³/mol. The fourth-order valence-corrected chi connectivity index (χ4v) is 6.21. The van der Waals surface area contributed by atoms with E-state index in [1.807, 2.05) is 60.7 Å². The second-order valence-corrected chi connectivity index (χ2v) is 12.6. The van der Waals surface area contributed by atoms with Gasteiger partial charge in [-0.3, -0.25) is 14.3 Å². The molecule has 1 aliphatic heterocycles. The highest BCUT2D eigenvalue weighted by atomic mass is 32.2. The van der Waals surface area contributed by atoms with Gasteiger partial charge in [0.1, 0.15) is 17.6 Å². The van der Waals surface area contributed by atoms with Crippen LogP contribution in [0.25, 0.3) is 0 Å². The Kier molecular flexibility index (Phi) is 11.0. The largest absolute Gasteiger partial charge is 0.484 e. The van der Waals surface area contributed by atoms with Crippen LogP contribution >= 0.6 is 0 Å². The molecule has 11 heteroatoms. The zero-order valence-electron chi connectivity index (χ0n) is 25.2. The zero-order chi connectivity index (χ0) is 32.4. The minimum atomic E-state index is -3.94. The quantitative estimate of drug-likeness (QED) is 0.201. The Morgan fingerprint density at radius 1 is 0.891 bits per heavy atom. The summed E-state index contributed by atoms with van der Waals surface area (Å²) in [5.41, 5.74) is 1.97. The Labute approximate surface area is 268 Å². The van der Waals surface area contributed by atoms with E-state index in [-0.39, 0.29) is 41.5 Å². The van der Waals surface area contributed by atoms with Crippen LogP contribution in [-0.4, -0.2) is 57.0 Å². The van der Waals surface area contributed by atoms with Crippen LogP contribution in [0.4, 0.5) is 10.1 Å². The molecule has 0 bridgehead atoms. The van der Waals surface area contributed by atoms with Crippen molar-refractivity contribution in [1.82, 2.24) is 10.2 Å². The van der Waals surface area contributed by atoms with E-state index in [0.717, 1.165) is 36.1 Å². The Morgan fingerprint density at radius 2 is 1.54 bits per heavy atom. The molecule has 0 spiro atoms. The number of amides is 2. The van der Waals surface area contributed by atoms with Crippen molar-refractivity contribution in [3.63, 3.8) is 0 Å². The number of anilines is 1. The highest BCUT2D eigenvalue weighted by Gasteiger charge is 2.31. The SMILES string of the molecule is O=C(NCC1CCCO1)C(Cc1ccccc1)N(Cc1ccccc1)C(=O)COc1ccc(S(=O)(=O)Nc2ccc(F)cc2)cc1. The number of carbonyl (C=O) groups is 2. The number of sulfonamides is 1. The molecule has 1 saturated heterocycles. The molecule has 2 amide bonds. The number of benzene rings is 4. The van der Waals surface area contributed by atoms with Crippen LogP contribution in [0.2, 0.25) is 0 Å². The second kappa shape index (κ2) is 15.5. The minimum absolute atomic E-state index is 0.0351. The van der Waals surface area contributed by atoms with E-state index in [4.69, 9.17) is 9.47 Å². The third-order valence-electron chi connectivity index (χ3n) is 7.59. The van der Waals surface area contributed by atoms with E-state index in [1.165, 1.54) is 41.3 Å². The molecular weight excluding hydrogens is 609 g/mol. The lowest BCUT2D eigenvalue weighted by Crippen LogP contribution is -2.52. The number of nitrogens with one attached hydrogen (secondary N) is 2. The van der Waals surface area contributed by atoms with Crippen molar-refractivity contribution in [1.29, 1.82) is 0 Å². The number of hydrogen-bond donors (Lipinski definition) is 2. The van der Waals surface area contributed by atoms with Gasteiger partial charge in [0.25, 0.3) is 15.9 Å². The topological polar surface area (TPSA) is 114 Å². The summed E-state index contributed by atoms with van der Waals surface area (Å²) in [6.07, 6.45) is 2.05. The maximum Gasteiger partial charge on any atom is 0.261 e. The first-order valence-electron chi connectivity index (χ1n) is 15.0. The van der Waals surface area contributed by atoms with Crippen molar-refractivity contribution in [2.24, 2.45) is 0 Å². The first-order valence-corrected chi connectivity index (χ1v) is 16.5. The third-order valence-corrected chi connectivity index (χ3v) is 8.98. The van der Waals surface area contributed by atoms with Gasteiger partial charge < -0.3 is 19.7 Å². The molecule has 4 aromatic rings. The van der Waals surface area contributed by atoms with Gasteiger partial charge in [0.05, 0.1) is 11.0 Å². The van der Waals surface area contributed by atoms with E-state index < -0.39 is 27.8 Å². The van der Waals surface area contributed by atoms with Gasteiger partial charge in [-0.2, -0.15) is 0 Å². The molecule has 4 aromatic carbocycles. The van der Waals surface area contributed by atoms with Crippen LogP contribution in [0.1, 0.15) is 24.0 Å². The summed E-state index contributed by atoms with van der Waals surface area (Å²) in [5.74, 6) is -0.901. The number of nitrogens with zero attached hydrogens (tertiary/aromatic N) is 1. The van der Waals surface area contributed by atoms with E-state index in [9.17, 15) is 22.4 Å². The normalized spacial score (nSPS) is 15.1. The van der Waals surface area contributed by atoms with Crippen molar-refractivity contribution in [3.05, 3.63) is 126 Å². The van der Waals surface area contributed by atoms with Gasteiger partial charge in [0, 0.05) is 31.8 Å². The molecule has 1 fully saturated rings.